The number of H-pyrrole nitrogens is 1. The van der Waals surface area contributed by atoms with Crippen molar-refractivity contribution in [3.63, 3.8) is 0 Å². The van der Waals surface area contributed by atoms with E-state index in [1.165, 1.54) is 0 Å². The molecule has 190 valence electrons. The number of nitrogens with zero attached hydrogens (tertiary/aromatic N) is 4. The van der Waals surface area contributed by atoms with E-state index in [1.54, 1.807) is 19.5 Å². The minimum absolute atomic E-state index is 0.469. The van der Waals surface area contributed by atoms with Crippen LogP contribution in [0.5, 0.6) is 11.5 Å². The lowest BCUT2D eigenvalue weighted by atomic mass is 10.0. The van der Waals surface area contributed by atoms with Crippen LogP contribution in [0, 0.1) is 11.3 Å². The Morgan fingerprint density at radius 2 is 1.86 bits per heavy atom. The molecule has 37 heavy (non-hydrogen) atoms. The van der Waals surface area contributed by atoms with Crippen molar-refractivity contribution in [2.75, 3.05) is 58.3 Å². The molecule has 2 aromatic carbocycles. The number of likely N-dealkylation sites (N-methyl/N-ethyl adjacent to an activating group) is 1. The smallest absolute Gasteiger partial charge is 0.161 e. The van der Waals surface area contributed by atoms with Gasteiger partial charge in [0.15, 0.2) is 11.5 Å². The molecule has 1 fully saturated rings. The number of hydrogen-bond donors (Lipinski definition) is 2. The highest BCUT2D eigenvalue weighted by Crippen LogP contribution is 2.38. The maximum Gasteiger partial charge on any atom is 0.161 e. The molecule has 0 unspecified atom stereocenters. The number of benzene rings is 2. The van der Waals surface area contributed by atoms with Gasteiger partial charge in [0.25, 0.3) is 0 Å². The molecule has 0 amide bonds. The number of fused-ring (bicyclic) bond motifs is 1. The zero-order valence-electron chi connectivity index (χ0n) is 21.3. The number of ether oxygens (including phenoxy) is 2. The first-order chi connectivity index (χ1) is 18.2. The minimum atomic E-state index is 0.469. The Morgan fingerprint density at radius 1 is 1.03 bits per heavy atom. The van der Waals surface area contributed by atoms with E-state index in [0.717, 1.165) is 67.0 Å². The Kier molecular flexibility index (Phi) is 7.54. The molecule has 1 aliphatic rings. The molecule has 4 aromatic rings. The van der Waals surface area contributed by atoms with Crippen molar-refractivity contribution in [1.82, 2.24) is 19.8 Å². The summed E-state index contributed by atoms with van der Waals surface area (Å²) in [4.78, 5) is 12.4. The average Bonchev–Trinajstić information content (AvgIpc) is 3.41. The number of aromatic amines is 1. The van der Waals surface area contributed by atoms with Crippen LogP contribution in [0.25, 0.3) is 22.0 Å². The van der Waals surface area contributed by atoms with Gasteiger partial charge < -0.3 is 24.7 Å². The maximum absolute atomic E-state index is 9.83. The molecule has 0 bridgehead atoms. The Hall–Kier alpha value is -4.06. The first-order valence-corrected chi connectivity index (χ1v) is 12.7. The van der Waals surface area contributed by atoms with Crippen LogP contribution in [0.4, 0.5) is 11.4 Å². The van der Waals surface area contributed by atoms with Gasteiger partial charge in [-0.3, -0.25) is 9.88 Å². The van der Waals surface area contributed by atoms with Gasteiger partial charge in [-0.25, -0.2) is 0 Å². The van der Waals surface area contributed by atoms with Crippen LogP contribution in [0.2, 0.25) is 0 Å². The summed E-state index contributed by atoms with van der Waals surface area (Å²) in [5.41, 5.74) is 4.83. The maximum atomic E-state index is 9.83. The zero-order valence-corrected chi connectivity index (χ0v) is 21.3. The normalized spacial score (nSPS) is 14.4. The van der Waals surface area contributed by atoms with Gasteiger partial charge in [0.2, 0.25) is 0 Å². The zero-order chi connectivity index (χ0) is 25.6. The molecule has 2 N–H and O–H groups in total. The Balaban J connectivity index is 1.38. The van der Waals surface area contributed by atoms with Gasteiger partial charge in [-0.05, 0) is 48.5 Å². The highest BCUT2D eigenvalue weighted by Gasteiger charge is 2.17. The van der Waals surface area contributed by atoms with Crippen molar-refractivity contribution in [2.24, 2.45) is 0 Å². The Labute approximate surface area is 217 Å². The van der Waals surface area contributed by atoms with Crippen molar-refractivity contribution in [3.8, 4) is 28.7 Å². The van der Waals surface area contributed by atoms with E-state index < -0.39 is 0 Å². The quantitative estimate of drug-likeness (QED) is 0.342. The molecule has 3 heterocycles. The summed E-state index contributed by atoms with van der Waals surface area (Å²) >= 11 is 0. The minimum Gasteiger partial charge on any atom is -0.493 e. The van der Waals surface area contributed by atoms with Crippen LogP contribution in [-0.4, -0.2) is 72.8 Å². The lowest BCUT2D eigenvalue weighted by molar-refractivity contribution is 0.120. The average molecular weight is 497 g/mol. The van der Waals surface area contributed by atoms with Crippen molar-refractivity contribution in [3.05, 3.63) is 66.6 Å². The molecule has 1 aliphatic heterocycles. The summed E-state index contributed by atoms with van der Waals surface area (Å²) in [6, 6.07) is 16.2. The van der Waals surface area contributed by atoms with E-state index in [1.807, 2.05) is 42.6 Å². The first-order valence-electron chi connectivity index (χ1n) is 12.7. The Bertz CT molecular complexity index is 1400. The molecular weight excluding hydrogens is 464 g/mol. The predicted molar refractivity (Wildman–Crippen MR) is 147 cm³/mol. The van der Waals surface area contributed by atoms with Crippen molar-refractivity contribution < 1.29 is 9.47 Å². The van der Waals surface area contributed by atoms with Gasteiger partial charge in [0.05, 0.1) is 18.4 Å². The van der Waals surface area contributed by atoms with Gasteiger partial charge in [-0.15, -0.1) is 0 Å². The molecule has 2 aromatic heterocycles. The van der Waals surface area contributed by atoms with Gasteiger partial charge in [0, 0.05) is 73.5 Å². The van der Waals surface area contributed by atoms with Gasteiger partial charge >= 0.3 is 0 Å². The van der Waals surface area contributed by atoms with Crippen LogP contribution >= 0.6 is 0 Å². The molecular formula is C29H32N6O2. The third-order valence-electron chi connectivity index (χ3n) is 6.94. The molecule has 0 saturated carbocycles. The molecule has 8 heteroatoms. The van der Waals surface area contributed by atoms with E-state index in [2.05, 4.69) is 44.1 Å². The van der Waals surface area contributed by atoms with Crippen LogP contribution in [0.1, 0.15) is 12.5 Å². The number of nitrogens with one attached hydrogen (secondary N) is 2. The van der Waals surface area contributed by atoms with Crippen molar-refractivity contribution >= 4 is 22.3 Å². The van der Waals surface area contributed by atoms with E-state index in [-0.39, 0.29) is 0 Å². The molecule has 5 rings (SSSR count). The van der Waals surface area contributed by atoms with Crippen molar-refractivity contribution in [1.29, 1.82) is 5.26 Å². The summed E-state index contributed by atoms with van der Waals surface area (Å²) in [6.45, 7) is 9.08. The monoisotopic (exact) mass is 496 g/mol. The van der Waals surface area contributed by atoms with Crippen LogP contribution in [0.15, 0.2) is 61.1 Å². The standard InChI is InChI=1S/C29H32N6O2/c1-3-34-10-12-35(13-11-34)14-15-37-28-17-21(4-7-27(28)36-2)25-20-31-19-23(18-30)29(25)33-24-5-6-26-22(16-24)8-9-32-26/h4-9,16-17,19-20,32H,3,10-15H2,1-2H3,(H,31,33). The van der Waals surface area contributed by atoms with E-state index in [4.69, 9.17) is 9.47 Å². The van der Waals surface area contributed by atoms with Gasteiger partial charge in [-0.1, -0.05) is 13.0 Å². The van der Waals surface area contributed by atoms with Crippen LogP contribution < -0.4 is 14.8 Å². The number of pyridine rings is 1. The summed E-state index contributed by atoms with van der Waals surface area (Å²) < 4.78 is 11.8. The lowest BCUT2D eigenvalue weighted by Gasteiger charge is -2.33. The second kappa shape index (κ2) is 11.3. The fourth-order valence-electron chi connectivity index (χ4n) is 4.75. The number of piperazine rings is 1. The van der Waals surface area contributed by atoms with Gasteiger partial charge in [0.1, 0.15) is 12.7 Å². The molecule has 8 nitrogen and oxygen atoms in total. The van der Waals surface area contributed by atoms with E-state index in [9.17, 15) is 5.26 Å². The predicted octanol–water partition coefficient (Wildman–Crippen LogP) is 4.87. The summed E-state index contributed by atoms with van der Waals surface area (Å²) in [6.07, 6.45) is 5.27. The second-order valence-corrected chi connectivity index (χ2v) is 9.12. The number of methoxy groups -OCH3 is 1. The highest BCUT2D eigenvalue weighted by atomic mass is 16.5. The van der Waals surface area contributed by atoms with E-state index >= 15 is 0 Å². The third kappa shape index (κ3) is 5.53. The topological polar surface area (TPSA) is 89.4 Å². The Morgan fingerprint density at radius 3 is 2.65 bits per heavy atom. The summed E-state index contributed by atoms with van der Waals surface area (Å²) in [5, 5.41) is 14.4. The number of aromatic nitrogens is 2. The lowest BCUT2D eigenvalue weighted by Crippen LogP contribution is -2.47. The molecule has 0 atom stereocenters. The van der Waals surface area contributed by atoms with E-state index in [0.29, 0.717) is 29.4 Å². The highest BCUT2D eigenvalue weighted by molar-refractivity contribution is 5.88. The fraction of sp³-hybridized carbons (Fsp3) is 0.310. The number of rotatable bonds is 9. The second-order valence-electron chi connectivity index (χ2n) is 9.12. The fourth-order valence-corrected chi connectivity index (χ4v) is 4.75. The first kappa shape index (κ1) is 24.6. The number of hydrogen-bond acceptors (Lipinski definition) is 7. The summed E-state index contributed by atoms with van der Waals surface area (Å²) in [5.74, 6) is 1.35. The molecule has 0 radical (unpaired) electrons. The SMILES string of the molecule is CCN1CCN(CCOc2cc(-c3cncc(C#N)c3Nc3ccc4[nH]ccc4c3)ccc2OC)CC1. The number of nitriles is 1. The van der Waals surface area contributed by atoms with Crippen LogP contribution in [-0.2, 0) is 0 Å². The van der Waals surface area contributed by atoms with Crippen molar-refractivity contribution in [2.45, 2.75) is 6.92 Å². The van der Waals surface area contributed by atoms with Crippen LogP contribution in [0.3, 0.4) is 0 Å². The molecule has 0 spiro atoms. The molecule has 1 saturated heterocycles. The number of anilines is 2. The largest absolute Gasteiger partial charge is 0.493 e. The van der Waals surface area contributed by atoms with Gasteiger partial charge in [-0.2, -0.15) is 5.26 Å². The summed E-state index contributed by atoms with van der Waals surface area (Å²) in [7, 11) is 1.65. The molecule has 0 aliphatic carbocycles. The third-order valence-corrected chi connectivity index (χ3v) is 6.94.